The molecular weight excluding hydrogens is 305 g/mol. The fraction of sp³-hybridized carbons (Fsp3) is 0.647. The maximum absolute atomic E-state index is 7.70. The molecule has 24 heavy (non-hydrogen) atoms. The molecule has 0 aromatic carbocycles. The van der Waals surface area contributed by atoms with Crippen LogP contribution >= 0.6 is 0 Å². The summed E-state index contributed by atoms with van der Waals surface area (Å²) in [4.78, 5) is 4.48. The first-order valence-corrected chi connectivity index (χ1v) is 8.56. The zero-order chi connectivity index (χ0) is 17.4. The number of hydrogen-bond donors (Lipinski definition) is 2. The topological polar surface area (TPSA) is 76.5 Å². The molecule has 1 unspecified atom stereocenters. The summed E-state index contributed by atoms with van der Waals surface area (Å²) in [6.45, 7) is 8.86. The van der Waals surface area contributed by atoms with Gasteiger partial charge < -0.3 is 24.8 Å². The molecule has 2 saturated heterocycles. The van der Waals surface area contributed by atoms with Crippen LogP contribution in [-0.2, 0) is 14.0 Å². The Morgan fingerprint density at radius 2 is 1.96 bits per heavy atom. The van der Waals surface area contributed by atoms with Gasteiger partial charge in [0.1, 0.15) is 12.0 Å². The van der Waals surface area contributed by atoms with Gasteiger partial charge in [0.05, 0.1) is 11.2 Å². The van der Waals surface area contributed by atoms with Gasteiger partial charge in [0.2, 0.25) is 0 Å². The molecule has 0 aliphatic carbocycles. The predicted octanol–water partition coefficient (Wildman–Crippen LogP) is 2.32. The Balaban J connectivity index is 1.78. The molecule has 0 bridgehead atoms. The van der Waals surface area contributed by atoms with Crippen LogP contribution in [0.25, 0.3) is 0 Å². The molecule has 3 heterocycles. The van der Waals surface area contributed by atoms with Gasteiger partial charge in [0.15, 0.2) is 0 Å². The van der Waals surface area contributed by atoms with Crippen LogP contribution < -0.4 is 10.8 Å². The number of rotatable bonds is 4. The van der Waals surface area contributed by atoms with Gasteiger partial charge in [-0.15, -0.1) is 0 Å². The molecule has 2 aliphatic heterocycles. The number of aromatic nitrogens is 1. The van der Waals surface area contributed by atoms with Crippen LogP contribution in [0.4, 0.5) is 5.82 Å². The zero-order valence-electron chi connectivity index (χ0n) is 14.9. The van der Waals surface area contributed by atoms with E-state index in [0.29, 0.717) is 11.4 Å². The van der Waals surface area contributed by atoms with Crippen molar-refractivity contribution in [3.63, 3.8) is 0 Å². The molecule has 1 atom stereocenters. The molecule has 0 amide bonds. The van der Waals surface area contributed by atoms with Crippen molar-refractivity contribution in [2.75, 3.05) is 11.9 Å². The van der Waals surface area contributed by atoms with Gasteiger partial charge in [0.25, 0.3) is 0 Å². The van der Waals surface area contributed by atoms with Crippen molar-refractivity contribution in [3.8, 4) is 0 Å². The maximum Gasteiger partial charge on any atom is 0.496 e. The van der Waals surface area contributed by atoms with Gasteiger partial charge in [-0.3, -0.25) is 0 Å². The second-order valence-corrected chi connectivity index (χ2v) is 7.44. The minimum atomic E-state index is -0.471. The third kappa shape index (κ3) is 3.34. The van der Waals surface area contributed by atoms with E-state index in [1.54, 1.807) is 6.20 Å². The van der Waals surface area contributed by atoms with E-state index in [1.807, 2.05) is 33.8 Å². The Hall–Kier alpha value is -1.44. The Kier molecular flexibility index (Phi) is 4.68. The third-order valence-electron chi connectivity index (χ3n) is 5.10. The average molecular weight is 331 g/mol. The van der Waals surface area contributed by atoms with Gasteiger partial charge in [-0.2, -0.15) is 0 Å². The summed E-state index contributed by atoms with van der Waals surface area (Å²) in [6, 6.07) is 1.90. The first kappa shape index (κ1) is 17.4. The molecule has 1 aromatic heterocycles. The number of hydrogen-bond acceptors (Lipinski definition) is 6. The highest BCUT2D eigenvalue weighted by Crippen LogP contribution is 2.36. The molecule has 3 rings (SSSR count). The Labute approximate surface area is 143 Å². The summed E-state index contributed by atoms with van der Waals surface area (Å²) in [5.41, 5.74) is 0.740. The molecule has 6 nitrogen and oxygen atoms in total. The number of nitrogens with one attached hydrogen (secondary N) is 2. The Bertz CT molecular complexity index is 599. The van der Waals surface area contributed by atoms with Gasteiger partial charge in [-0.1, -0.05) is 0 Å². The van der Waals surface area contributed by atoms with Gasteiger partial charge >= 0.3 is 7.12 Å². The lowest BCUT2D eigenvalue weighted by atomic mass is 9.79. The van der Waals surface area contributed by atoms with E-state index in [0.717, 1.165) is 31.3 Å². The molecule has 0 saturated carbocycles. The molecule has 2 fully saturated rings. The second-order valence-electron chi connectivity index (χ2n) is 7.44. The Morgan fingerprint density at radius 3 is 2.54 bits per heavy atom. The smallest absolute Gasteiger partial charge is 0.399 e. The van der Waals surface area contributed by atoms with Crippen LogP contribution in [0.1, 0.15) is 52.5 Å². The van der Waals surface area contributed by atoms with Gasteiger partial charge in [-0.25, -0.2) is 4.98 Å². The molecule has 2 N–H and O–H groups in total. The minimum Gasteiger partial charge on any atom is -0.399 e. The van der Waals surface area contributed by atoms with Crippen LogP contribution in [0.5, 0.6) is 0 Å². The number of pyridine rings is 1. The highest BCUT2D eigenvalue weighted by Gasteiger charge is 2.51. The Morgan fingerprint density at radius 1 is 1.25 bits per heavy atom. The van der Waals surface area contributed by atoms with Crippen molar-refractivity contribution in [2.24, 2.45) is 0 Å². The standard InChI is InChI=1S/C17H26BN3O3/c1-16(2)17(3,4)24-18(23-16)13-9-12(10-19)15(20-11-13)21-14-7-5-6-8-22-14/h9-11,14,19H,5-8H2,1-4H3,(H,20,21). The molecule has 2 aliphatic rings. The van der Waals surface area contributed by atoms with Crippen molar-refractivity contribution in [1.29, 1.82) is 5.41 Å². The summed E-state index contributed by atoms with van der Waals surface area (Å²) >= 11 is 0. The van der Waals surface area contributed by atoms with Crippen molar-refractivity contribution in [1.82, 2.24) is 4.98 Å². The van der Waals surface area contributed by atoms with E-state index in [1.165, 1.54) is 6.21 Å². The molecule has 0 radical (unpaired) electrons. The molecule has 7 heteroatoms. The maximum atomic E-state index is 7.70. The average Bonchev–Trinajstić information content (AvgIpc) is 2.77. The van der Waals surface area contributed by atoms with Crippen LogP contribution in [-0.4, -0.2) is 42.4 Å². The number of anilines is 1. The van der Waals surface area contributed by atoms with E-state index in [9.17, 15) is 0 Å². The summed E-state index contributed by atoms with van der Waals surface area (Å²) in [5, 5.41) is 11.0. The van der Waals surface area contributed by atoms with Crippen molar-refractivity contribution >= 4 is 24.6 Å². The van der Waals surface area contributed by atoms with Crippen LogP contribution in [0.2, 0.25) is 0 Å². The monoisotopic (exact) mass is 331 g/mol. The highest BCUT2D eigenvalue weighted by molar-refractivity contribution is 6.62. The fourth-order valence-electron chi connectivity index (χ4n) is 2.84. The normalized spacial score (nSPS) is 25.5. The lowest BCUT2D eigenvalue weighted by Gasteiger charge is -2.32. The van der Waals surface area contributed by atoms with E-state index < -0.39 is 18.3 Å². The lowest BCUT2D eigenvalue weighted by molar-refractivity contribution is 0.00578. The van der Waals surface area contributed by atoms with Crippen LogP contribution in [0, 0.1) is 5.41 Å². The quantitative estimate of drug-likeness (QED) is 0.654. The summed E-state index contributed by atoms with van der Waals surface area (Å²) in [7, 11) is -0.471. The fourth-order valence-corrected chi connectivity index (χ4v) is 2.84. The zero-order valence-corrected chi connectivity index (χ0v) is 14.9. The number of nitrogens with zero attached hydrogens (tertiary/aromatic N) is 1. The second kappa shape index (κ2) is 6.46. The van der Waals surface area contributed by atoms with Crippen LogP contribution in [0.15, 0.2) is 12.3 Å². The first-order valence-electron chi connectivity index (χ1n) is 8.56. The number of ether oxygens (including phenoxy) is 1. The summed E-state index contributed by atoms with van der Waals surface area (Å²) < 4.78 is 17.8. The SMILES string of the molecule is CC1(C)OB(c2cnc(NC3CCCCO3)c(C=N)c2)OC1(C)C. The largest absolute Gasteiger partial charge is 0.496 e. The third-order valence-corrected chi connectivity index (χ3v) is 5.10. The highest BCUT2D eigenvalue weighted by atomic mass is 16.7. The van der Waals surface area contributed by atoms with E-state index in [2.05, 4.69) is 10.3 Å². The predicted molar refractivity (Wildman–Crippen MR) is 95.1 cm³/mol. The van der Waals surface area contributed by atoms with Crippen molar-refractivity contribution in [2.45, 2.75) is 64.4 Å². The molecule has 0 spiro atoms. The first-order chi connectivity index (χ1) is 11.3. The van der Waals surface area contributed by atoms with Crippen LogP contribution in [0.3, 0.4) is 0 Å². The van der Waals surface area contributed by atoms with Gasteiger partial charge in [-0.05, 0) is 53.0 Å². The molecular formula is C17H26BN3O3. The minimum absolute atomic E-state index is 0.0346. The summed E-state index contributed by atoms with van der Waals surface area (Å²) in [5.74, 6) is 0.664. The molecule has 1 aromatic rings. The molecule has 130 valence electrons. The van der Waals surface area contributed by atoms with E-state index in [4.69, 9.17) is 19.5 Å². The van der Waals surface area contributed by atoms with Crippen molar-refractivity contribution < 1.29 is 14.0 Å². The van der Waals surface area contributed by atoms with Crippen molar-refractivity contribution in [3.05, 3.63) is 17.8 Å². The van der Waals surface area contributed by atoms with Gasteiger partial charge in [0, 0.05) is 30.0 Å². The summed E-state index contributed by atoms with van der Waals surface area (Å²) in [6.07, 6.45) is 6.21. The lowest BCUT2D eigenvalue weighted by Crippen LogP contribution is -2.41. The van der Waals surface area contributed by atoms with E-state index in [-0.39, 0.29) is 6.23 Å². The van der Waals surface area contributed by atoms with E-state index >= 15 is 0 Å².